The average Bonchev–Trinajstić information content (AvgIpc) is 2.63. The van der Waals surface area contributed by atoms with Crippen molar-refractivity contribution in [2.45, 2.75) is 18.9 Å². The normalized spacial score (nSPS) is 25.6. The van der Waals surface area contributed by atoms with Gasteiger partial charge in [0.1, 0.15) is 0 Å². The molecule has 2 N–H and O–H groups in total. The molecule has 0 radical (unpaired) electrons. The van der Waals surface area contributed by atoms with E-state index in [0.29, 0.717) is 0 Å². The van der Waals surface area contributed by atoms with Gasteiger partial charge in [-0.25, -0.2) is 0 Å². The van der Waals surface area contributed by atoms with Gasteiger partial charge in [-0.3, -0.25) is 0 Å². The van der Waals surface area contributed by atoms with Crippen LogP contribution >= 0.6 is 12.2 Å². The van der Waals surface area contributed by atoms with Gasteiger partial charge in [-0.1, -0.05) is 37.3 Å². The Balaban J connectivity index is 2.34. The molecule has 0 unspecified atom stereocenters. The molecule has 1 saturated heterocycles. The second kappa shape index (κ2) is 3.58. The molecule has 1 aromatic carbocycles. The van der Waals surface area contributed by atoms with Gasteiger partial charge >= 0.3 is 0 Å². The predicted octanol–water partition coefficient (Wildman–Crippen LogP) is 1.77. The first-order valence-electron chi connectivity index (χ1n) is 4.88. The lowest BCUT2D eigenvalue weighted by Crippen LogP contribution is -2.39. The molecule has 14 heavy (non-hydrogen) atoms. The van der Waals surface area contributed by atoms with E-state index in [-0.39, 0.29) is 5.54 Å². The van der Waals surface area contributed by atoms with Crippen molar-refractivity contribution in [3.05, 3.63) is 35.9 Å². The molecule has 1 aliphatic rings. The first-order chi connectivity index (χ1) is 6.77. The molecule has 1 aliphatic heterocycles. The highest BCUT2D eigenvalue weighted by atomic mass is 32.1. The summed E-state index contributed by atoms with van der Waals surface area (Å²) in [5.41, 5.74) is 1.30. The fraction of sp³-hybridized carbons (Fsp3) is 0.364. The Labute approximate surface area is 89.7 Å². The Kier molecular flexibility index (Phi) is 2.42. The summed E-state index contributed by atoms with van der Waals surface area (Å²) >= 11 is 5.11. The van der Waals surface area contributed by atoms with E-state index in [2.05, 4.69) is 41.8 Å². The molecule has 2 nitrogen and oxygen atoms in total. The Hall–Kier alpha value is -1.09. The average molecular weight is 206 g/mol. The third-order valence-electron chi connectivity index (χ3n) is 2.83. The van der Waals surface area contributed by atoms with E-state index in [4.69, 9.17) is 12.2 Å². The molecule has 0 aliphatic carbocycles. The van der Waals surface area contributed by atoms with Crippen LogP contribution in [0.3, 0.4) is 0 Å². The minimum Gasteiger partial charge on any atom is -0.360 e. The first kappa shape index (κ1) is 9.46. The van der Waals surface area contributed by atoms with E-state index < -0.39 is 0 Å². The summed E-state index contributed by atoms with van der Waals surface area (Å²) in [5, 5.41) is 7.29. The Morgan fingerprint density at radius 1 is 1.36 bits per heavy atom. The third kappa shape index (κ3) is 1.48. The number of thiocarbonyl (C=S) groups is 1. The fourth-order valence-corrected chi connectivity index (χ4v) is 2.15. The number of rotatable bonds is 2. The zero-order valence-corrected chi connectivity index (χ0v) is 9.03. The molecule has 0 aromatic heterocycles. The predicted molar refractivity (Wildman–Crippen MR) is 62.1 cm³/mol. The largest absolute Gasteiger partial charge is 0.360 e. The van der Waals surface area contributed by atoms with Crippen LogP contribution in [0.1, 0.15) is 18.9 Å². The highest BCUT2D eigenvalue weighted by Gasteiger charge is 2.35. The lowest BCUT2D eigenvalue weighted by molar-refractivity contribution is 0.417. The van der Waals surface area contributed by atoms with E-state index in [1.165, 1.54) is 5.56 Å². The maximum atomic E-state index is 5.11. The van der Waals surface area contributed by atoms with Gasteiger partial charge in [0.05, 0.1) is 5.54 Å². The Morgan fingerprint density at radius 2 is 2.07 bits per heavy atom. The minimum absolute atomic E-state index is 0.00164. The van der Waals surface area contributed by atoms with Crippen LogP contribution in [0.2, 0.25) is 0 Å². The summed E-state index contributed by atoms with van der Waals surface area (Å²) in [4.78, 5) is 0. The van der Waals surface area contributed by atoms with Crippen LogP contribution in [0.4, 0.5) is 0 Å². The highest BCUT2D eigenvalue weighted by molar-refractivity contribution is 7.80. The molecule has 1 aromatic rings. The van der Waals surface area contributed by atoms with Crippen molar-refractivity contribution in [1.82, 2.24) is 10.6 Å². The molecular formula is C11H14N2S. The van der Waals surface area contributed by atoms with Crippen molar-refractivity contribution in [3.8, 4) is 0 Å². The Morgan fingerprint density at radius 3 is 2.57 bits per heavy atom. The lowest BCUT2D eigenvalue weighted by Gasteiger charge is -2.27. The summed E-state index contributed by atoms with van der Waals surface area (Å²) in [5.74, 6) is 0. The zero-order valence-electron chi connectivity index (χ0n) is 8.21. The number of benzene rings is 1. The lowest BCUT2D eigenvalue weighted by atomic mass is 9.88. The molecule has 0 saturated carbocycles. The van der Waals surface area contributed by atoms with E-state index in [1.54, 1.807) is 0 Å². The Bertz CT molecular complexity index is 336. The standard InChI is InChI=1S/C11H14N2S/c1-2-11(8-12-10(14)13-11)9-6-4-3-5-7-9/h3-7H,2,8H2,1H3,(H2,12,13,14)/t11-/m0/s1. The molecule has 0 spiro atoms. The summed E-state index contributed by atoms with van der Waals surface area (Å²) in [6, 6.07) is 10.5. The highest BCUT2D eigenvalue weighted by Crippen LogP contribution is 2.26. The van der Waals surface area contributed by atoms with Crippen LogP contribution in [0.25, 0.3) is 0 Å². The molecule has 1 atom stereocenters. The number of nitrogens with one attached hydrogen (secondary N) is 2. The van der Waals surface area contributed by atoms with Crippen LogP contribution in [-0.2, 0) is 5.54 Å². The summed E-state index contributed by atoms with van der Waals surface area (Å²) in [7, 11) is 0. The quantitative estimate of drug-likeness (QED) is 0.721. The summed E-state index contributed by atoms with van der Waals surface area (Å²) < 4.78 is 0. The van der Waals surface area contributed by atoms with Gasteiger partial charge in [-0.15, -0.1) is 0 Å². The van der Waals surface area contributed by atoms with Crippen LogP contribution in [0.5, 0.6) is 0 Å². The maximum Gasteiger partial charge on any atom is 0.167 e. The fourth-order valence-electron chi connectivity index (χ4n) is 1.89. The minimum atomic E-state index is -0.00164. The maximum absolute atomic E-state index is 5.11. The molecular weight excluding hydrogens is 192 g/mol. The molecule has 74 valence electrons. The van der Waals surface area contributed by atoms with Crippen LogP contribution in [0, 0.1) is 0 Å². The smallest absolute Gasteiger partial charge is 0.167 e. The van der Waals surface area contributed by atoms with Crippen molar-refractivity contribution >= 4 is 17.3 Å². The van der Waals surface area contributed by atoms with Crippen LogP contribution < -0.4 is 10.6 Å². The van der Waals surface area contributed by atoms with Gasteiger partial charge in [0.15, 0.2) is 5.11 Å². The third-order valence-corrected chi connectivity index (χ3v) is 3.08. The van der Waals surface area contributed by atoms with Gasteiger partial charge in [-0.2, -0.15) is 0 Å². The van der Waals surface area contributed by atoms with Gasteiger partial charge in [0.25, 0.3) is 0 Å². The van der Waals surface area contributed by atoms with Crippen LogP contribution in [-0.4, -0.2) is 11.7 Å². The summed E-state index contributed by atoms with van der Waals surface area (Å²) in [6.07, 6.45) is 1.03. The van der Waals surface area contributed by atoms with Crippen molar-refractivity contribution in [1.29, 1.82) is 0 Å². The van der Waals surface area contributed by atoms with E-state index in [9.17, 15) is 0 Å². The second-order valence-electron chi connectivity index (χ2n) is 3.61. The van der Waals surface area contributed by atoms with Gasteiger partial charge < -0.3 is 10.6 Å². The summed E-state index contributed by atoms with van der Waals surface area (Å²) in [6.45, 7) is 3.06. The van der Waals surface area contributed by atoms with Crippen molar-refractivity contribution in [3.63, 3.8) is 0 Å². The monoisotopic (exact) mass is 206 g/mol. The SMILES string of the molecule is CC[C@@]1(c2ccccc2)CNC(=S)N1. The number of hydrogen-bond acceptors (Lipinski definition) is 1. The van der Waals surface area contributed by atoms with E-state index in [1.807, 2.05) is 6.07 Å². The van der Waals surface area contributed by atoms with Crippen molar-refractivity contribution < 1.29 is 0 Å². The van der Waals surface area contributed by atoms with Crippen LogP contribution in [0.15, 0.2) is 30.3 Å². The first-order valence-corrected chi connectivity index (χ1v) is 5.29. The van der Waals surface area contributed by atoms with Crippen molar-refractivity contribution in [2.24, 2.45) is 0 Å². The van der Waals surface area contributed by atoms with Crippen molar-refractivity contribution in [2.75, 3.05) is 6.54 Å². The van der Waals surface area contributed by atoms with E-state index >= 15 is 0 Å². The van der Waals surface area contributed by atoms with E-state index in [0.717, 1.165) is 18.1 Å². The molecule has 3 heteroatoms. The topological polar surface area (TPSA) is 24.1 Å². The zero-order chi connectivity index (χ0) is 10.0. The molecule has 0 bridgehead atoms. The van der Waals surface area contributed by atoms with Gasteiger partial charge in [0.2, 0.25) is 0 Å². The number of hydrogen-bond donors (Lipinski definition) is 2. The molecule has 0 amide bonds. The van der Waals surface area contributed by atoms with Gasteiger partial charge in [0, 0.05) is 6.54 Å². The molecule has 1 fully saturated rings. The molecule has 1 heterocycles. The molecule has 2 rings (SSSR count). The second-order valence-corrected chi connectivity index (χ2v) is 4.02. The van der Waals surface area contributed by atoms with Gasteiger partial charge in [-0.05, 0) is 24.2 Å².